The third kappa shape index (κ3) is 8.53. The van der Waals surface area contributed by atoms with Crippen molar-refractivity contribution in [1.29, 1.82) is 0 Å². The minimum Gasteiger partial charge on any atom is -0.330 e. The molecule has 1 amide bonds. The van der Waals surface area contributed by atoms with E-state index in [2.05, 4.69) is 25.9 Å². The second-order valence-electron chi connectivity index (χ2n) is 13.2. The summed E-state index contributed by atoms with van der Waals surface area (Å²) in [7, 11) is 0. The number of amidine groups is 1. The lowest BCUT2D eigenvalue weighted by Gasteiger charge is -2.27. The van der Waals surface area contributed by atoms with Crippen LogP contribution in [0.5, 0.6) is 0 Å². The molecule has 0 radical (unpaired) electrons. The highest BCUT2D eigenvalue weighted by Gasteiger charge is 2.30. The van der Waals surface area contributed by atoms with Crippen LogP contribution in [0.1, 0.15) is 66.4 Å². The zero-order valence-electron chi connectivity index (χ0n) is 26.9. The number of azo groups is 1. The number of hydrogen-bond acceptors (Lipinski definition) is 8. The topological polar surface area (TPSA) is 138 Å². The Hall–Kier alpha value is -4.34. The fourth-order valence-corrected chi connectivity index (χ4v) is 6.95. The average molecular weight is 633 g/mol. The van der Waals surface area contributed by atoms with Gasteiger partial charge in [-0.3, -0.25) is 14.4 Å². The van der Waals surface area contributed by atoms with Crippen molar-refractivity contribution in [3.8, 4) is 11.1 Å². The van der Waals surface area contributed by atoms with Crippen LogP contribution in [0.2, 0.25) is 0 Å². The van der Waals surface area contributed by atoms with Crippen LogP contribution in [0, 0.1) is 23.7 Å². The van der Waals surface area contributed by atoms with Crippen molar-refractivity contribution < 1.29 is 14.4 Å². The Balaban J connectivity index is 1.12. The van der Waals surface area contributed by atoms with Crippen LogP contribution < -0.4 is 16.4 Å². The van der Waals surface area contributed by atoms with E-state index in [9.17, 15) is 14.4 Å². The Morgan fingerprint density at radius 1 is 0.830 bits per heavy atom. The van der Waals surface area contributed by atoms with Gasteiger partial charge in [0.2, 0.25) is 5.91 Å². The van der Waals surface area contributed by atoms with Crippen LogP contribution >= 0.6 is 0 Å². The van der Waals surface area contributed by atoms with Crippen molar-refractivity contribution in [3.63, 3.8) is 0 Å². The second kappa shape index (κ2) is 15.5. The maximum absolute atomic E-state index is 13.7. The molecule has 0 aromatic heterocycles. The molecule has 3 aromatic rings. The van der Waals surface area contributed by atoms with Gasteiger partial charge in [0.15, 0.2) is 18.3 Å². The Kier molecular flexibility index (Phi) is 10.7. The predicted molar refractivity (Wildman–Crippen MR) is 184 cm³/mol. The molecule has 3 aromatic carbocycles. The standard InChI is InChI=1S/C38H44N6O3/c39-22-26-3-7-30(8-4-26)36(46)21-33(38(47)43-34-15-13-32(14-16-34)37-41-24-42-44-37)19-25-1-5-28(6-2-25)29-9-11-31(12-10-29)35(45)20-27-17-18-40-23-27/h1-2,5-6,9-16,26-27,30,33,40H,3-4,7-8,17-24,39H2,(H,43,47)/t26?,27?,30?,33-/m1/s1. The Labute approximate surface area is 276 Å². The Bertz CT molecular complexity index is 1600. The number of ketones is 2. The maximum atomic E-state index is 13.7. The van der Waals surface area contributed by atoms with Gasteiger partial charge in [-0.2, -0.15) is 5.11 Å². The number of benzene rings is 3. The third-order valence-electron chi connectivity index (χ3n) is 9.93. The monoisotopic (exact) mass is 632 g/mol. The van der Waals surface area contributed by atoms with Crippen molar-refractivity contribution in [3.05, 3.63) is 89.5 Å². The Morgan fingerprint density at radius 2 is 1.51 bits per heavy atom. The molecule has 2 aliphatic heterocycles. The van der Waals surface area contributed by atoms with E-state index >= 15 is 0 Å². The van der Waals surface area contributed by atoms with Crippen molar-refractivity contribution in [2.45, 2.75) is 51.4 Å². The van der Waals surface area contributed by atoms with E-state index in [4.69, 9.17) is 5.73 Å². The van der Waals surface area contributed by atoms with Crippen LogP contribution in [0.15, 0.2) is 88.0 Å². The summed E-state index contributed by atoms with van der Waals surface area (Å²) < 4.78 is 0. The molecule has 2 heterocycles. The van der Waals surface area contributed by atoms with Gasteiger partial charge in [-0.05, 0) is 111 Å². The molecular formula is C38H44N6O3. The number of anilines is 1. The third-order valence-corrected chi connectivity index (χ3v) is 9.93. The van der Waals surface area contributed by atoms with Gasteiger partial charge in [0.05, 0.1) is 0 Å². The lowest BCUT2D eigenvalue weighted by atomic mass is 9.77. The van der Waals surface area contributed by atoms with Crippen molar-refractivity contribution in [1.82, 2.24) is 5.32 Å². The molecule has 0 spiro atoms. The second-order valence-corrected chi connectivity index (χ2v) is 13.2. The summed E-state index contributed by atoms with van der Waals surface area (Å²) >= 11 is 0. The van der Waals surface area contributed by atoms with Crippen LogP contribution in [0.4, 0.5) is 5.69 Å². The SMILES string of the molecule is NCC1CCC(C(=O)C[C@@H](Cc2ccc(-c3ccc(C(=O)CC4CCNC4)cc3)cc2)C(=O)Nc2ccc(C3=NCN=N3)cc2)CC1. The van der Waals surface area contributed by atoms with Gasteiger partial charge in [0.1, 0.15) is 5.78 Å². The van der Waals surface area contributed by atoms with Gasteiger partial charge in [0, 0.05) is 41.5 Å². The predicted octanol–water partition coefficient (Wildman–Crippen LogP) is 6.23. The largest absolute Gasteiger partial charge is 0.330 e. The van der Waals surface area contributed by atoms with Crippen molar-refractivity contribution >= 4 is 29.0 Å². The minimum atomic E-state index is -0.506. The highest BCUT2D eigenvalue weighted by molar-refractivity contribution is 6.01. The number of hydrogen-bond donors (Lipinski definition) is 3. The van der Waals surface area contributed by atoms with Crippen molar-refractivity contribution in [2.75, 3.05) is 31.6 Å². The first kappa shape index (κ1) is 32.6. The van der Waals surface area contributed by atoms with Crippen LogP contribution in [-0.2, 0) is 16.0 Å². The molecule has 1 aliphatic carbocycles. The number of nitrogens with zero attached hydrogens (tertiary/aromatic N) is 3. The number of aliphatic imine (C=N–C) groups is 1. The number of nitrogens with two attached hydrogens (primary N) is 1. The first-order valence-electron chi connectivity index (χ1n) is 16.9. The van der Waals surface area contributed by atoms with Crippen molar-refractivity contribution in [2.24, 2.45) is 44.6 Å². The highest BCUT2D eigenvalue weighted by atomic mass is 16.2. The smallest absolute Gasteiger partial charge is 0.228 e. The molecule has 6 rings (SSSR count). The summed E-state index contributed by atoms with van der Waals surface area (Å²) in [5, 5.41) is 14.3. The quantitative estimate of drug-likeness (QED) is 0.192. The van der Waals surface area contributed by atoms with E-state index in [-0.39, 0.29) is 29.8 Å². The van der Waals surface area contributed by atoms with Gasteiger partial charge in [-0.25, -0.2) is 4.99 Å². The van der Waals surface area contributed by atoms with E-state index < -0.39 is 5.92 Å². The van der Waals surface area contributed by atoms with Crippen LogP contribution in [-0.4, -0.2) is 49.6 Å². The molecule has 47 heavy (non-hydrogen) atoms. The normalized spacial score (nSPS) is 21.3. The average Bonchev–Trinajstić information content (AvgIpc) is 3.84. The Morgan fingerprint density at radius 3 is 2.13 bits per heavy atom. The molecule has 1 saturated heterocycles. The zero-order chi connectivity index (χ0) is 32.6. The van der Waals surface area contributed by atoms with Gasteiger partial charge in [-0.1, -0.05) is 48.5 Å². The van der Waals surface area contributed by atoms with Gasteiger partial charge < -0.3 is 16.4 Å². The molecule has 9 nitrogen and oxygen atoms in total. The van der Waals surface area contributed by atoms with Gasteiger partial charge in [-0.15, -0.1) is 5.11 Å². The number of amides is 1. The summed E-state index contributed by atoms with van der Waals surface area (Å²) in [4.78, 5) is 44.2. The fraction of sp³-hybridized carbons (Fsp3) is 0.421. The maximum Gasteiger partial charge on any atom is 0.228 e. The first-order valence-corrected chi connectivity index (χ1v) is 16.9. The lowest BCUT2D eigenvalue weighted by molar-refractivity contribution is -0.129. The van der Waals surface area contributed by atoms with E-state index in [1.54, 1.807) is 0 Å². The summed E-state index contributed by atoms with van der Waals surface area (Å²) in [5.74, 6) is 1.16. The molecule has 2 fully saturated rings. The molecule has 3 aliphatic rings. The van der Waals surface area contributed by atoms with Crippen LogP contribution in [0.25, 0.3) is 11.1 Å². The molecule has 1 unspecified atom stereocenters. The number of carbonyl (C=O) groups excluding carboxylic acids is 3. The molecular weight excluding hydrogens is 588 g/mol. The molecule has 244 valence electrons. The zero-order valence-corrected chi connectivity index (χ0v) is 26.9. The molecule has 9 heteroatoms. The van der Waals surface area contributed by atoms with Gasteiger partial charge >= 0.3 is 0 Å². The molecule has 4 N–H and O–H groups in total. The number of rotatable bonds is 13. The summed E-state index contributed by atoms with van der Waals surface area (Å²) in [6.07, 6.45) is 5.91. The molecule has 2 atom stereocenters. The molecule has 0 bridgehead atoms. The number of Topliss-reactive ketones (excluding diaryl/α,β-unsaturated/α-hetero) is 2. The van der Waals surface area contributed by atoms with E-state index in [1.807, 2.05) is 72.8 Å². The van der Waals surface area contributed by atoms with E-state index in [0.717, 1.165) is 73.0 Å². The minimum absolute atomic E-state index is 0.0132. The van der Waals surface area contributed by atoms with Crippen LogP contribution in [0.3, 0.4) is 0 Å². The van der Waals surface area contributed by atoms with E-state index in [0.29, 0.717) is 49.4 Å². The lowest BCUT2D eigenvalue weighted by Crippen LogP contribution is -2.31. The number of carbonyl (C=O) groups is 3. The fourth-order valence-electron chi connectivity index (χ4n) is 6.95. The highest BCUT2D eigenvalue weighted by Crippen LogP contribution is 2.31. The van der Waals surface area contributed by atoms with Gasteiger partial charge in [0.25, 0.3) is 0 Å². The summed E-state index contributed by atoms with van der Waals surface area (Å²) in [6, 6.07) is 23.4. The number of nitrogens with one attached hydrogen (secondary N) is 2. The summed E-state index contributed by atoms with van der Waals surface area (Å²) in [6.45, 7) is 2.91. The summed E-state index contributed by atoms with van der Waals surface area (Å²) in [5.41, 5.74) is 11.2. The van der Waals surface area contributed by atoms with E-state index in [1.165, 1.54) is 0 Å². The first-order chi connectivity index (χ1) is 22.9. The molecule has 1 saturated carbocycles.